The molecule has 0 aromatic carbocycles. The van der Waals surface area contributed by atoms with E-state index < -0.39 is 99.7 Å². The molecular weight excluding hydrogens is 452 g/mol. The summed E-state index contributed by atoms with van der Waals surface area (Å²) < 4.78 is 32.6. The molecule has 0 bridgehead atoms. The fraction of sp³-hybridized carbons (Fsp3) is 1.00. The highest BCUT2D eigenvalue weighted by Crippen LogP contribution is 2.31. The normalized spacial score (nSPS) is 49.2. The highest BCUT2D eigenvalue weighted by atomic mass is 16.7. The molecule has 3 aliphatic heterocycles. The van der Waals surface area contributed by atoms with Crippen LogP contribution >= 0.6 is 0 Å². The fourth-order valence-electron chi connectivity index (χ4n) is 4.21. The lowest BCUT2D eigenvalue weighted by molar-refractivity contribution is -0.356. The lowest BCUT2D eigenvalue weighted by atomic mass is 9.97. The van der Waals surface area contributed by atoms with Gasteiger partial charge < -0.3 is 69.3 Å². The molecule has 0 amide bonds. The summed E-state index contributed by atoms with van der Waals surface area (Å²) in [5, 5.41) is 79.9. The van der Waals surface area contributed by atoms with Gasteiger partial charge in [0.1, 0.15) is 42.7 Å². The molecule has 14 heteroatoms. The molecule has 0 aromatic rings. The minimum absolute atomic E-state index is 0.00577. The summed E-state index contributed by atoms with van der Waals surface area (Å²) in [5.74, 6) is 0. The van der Waals surface area contributed by atoms with Crippen LogP contribution in [0.25, 0.3) is 0 Å². The number of hydrogen-bond donors (Lipinski definition) is 8. The molecule has 0 saturated carbocycles. The maximum Gasteiger partial charge on any atom is 0.186 e. The highest BCUT2D eigenvalue weighted by Gasteiger charge is 2.49. The van der Waals surface area contributed by atoms with Gasteiger partial charge in [-0.25, -0.2) is 0 Å². The van der Waals surface area contributed by atoms with Crippen LogP contribution in [0, 0.1) is 0 Å². The molecule has 14 nitrogen and oxygen atoms in total. The van der Waals surface area contributed by atoms with Crippen molar-refractivity contribution < 1.29 is 69.3 Å². The minimum Gasteiger partial charge on any atom is -0.394 e. The Kier molecular flexibility index (Phi) is 9.76. The number of aliphatic hydroxyl groups excluding tert-OH is 8. The topological polar surface area (TPSA) is 217 Å². The molecule has 33 heavy (non-hydrogen) atoms. The molecule has 3 rings (SSSR count). The third kappa shape index (κ3) is 5.99. The van der Waals surface area contributed by atoms with E-state index in [1.165, 1.54) is 7.11 Å². The summed E-state index contributed by atoms with van der Waals surface area (Å²) in [5.41, 5.74) is 0. The molecule has 3 fully saturated rings. The van der Waals surface area contributed by atoms with E-state index in [4.69, 9.17) is 28.4 Å². The zero-order valence-corrected chi connectivity index (χ0v) is 18.1. The molecule has 0 radical (unpaired) electrons. The van der Waals surface area contributed by atoms with Crippen molar-refractivity contribution in [3.8, 4) is 0 Å². The average molecular weight is 486 g/mol. The first kappa shape index (κ1) is 27.0. The molecule has 8 N–H and O–H groups in total. The maximum atomic E-state index is 10.6. The van der Waals surface area contributed by atoms with Crippen LogP contribution < -0.4 is 0 Å². The van der Waals surface area contributed by atoms with Crippen LogP contribution in [0.1, 0.15) is 12.8 Å². The van der Waals surface area contributed by atoms with Crippen molar-refractivity contribution in [2.75, 3.05) is 26.9 Å². The predicted molar refractivity (Wildman–Crippen MR) is 103 cm³/mol. The average Bonchev–Trinajstić information content (AvgIpc) is 2.81. The molecule has 194 valence electrons. The monoisotopic (exact) mass is 486 g/mol. The summed E-state index contributed by atoms with van der Waals surface area (Å²) in [7, 11) is 1.26. The van der Waals surface area contributed by atoms with Gasteiger partial charge in [0.15, 0.2) is 18.9 Å². The van der Waals surface area contributed by atoms with E-state index in [9.17, 15) is 40.9 Å². The third-order valence-corrected chi connectivity index (χ3v) is 6.05. The SMILES string of the molecule is CO[C@@H]1O[C@@H](CO)[C@@H](O[C@H]2CC(O)[C@H](O[C@@H]3O[C@@H](CO)CC(O)C3O)C(CO)O2)C(O)C1O. The van der Waals surface area contributed by atoms with Gasteiger partial charge in [-0.1, -0.05) is 0 Å². The molecule has 3 saturated heterocycles. The summed E-state index contributed by atoms with van der Waals surface area (Å²) in [6, 6.07) is 0. The van der Waals surface area contributed by atoms with E-state index in [0.29, 0.717) is 0 Å². The van der Waals surface area contributed by atoms with Crippen molar-refractivity contribution >= 4 is 0 Å². The second-order valence-corrected chi connectivity index (χ2v) is 8.34. The van der Waals surface area contributed by atoms with Gasteiger partial charge in [-0.2, -0.15) is 0 Å². The Morgan fingerprint density at radius 2 is 1.33 bits per heavy atom. The van der Waals surface area contributed by atoms with Gasteiger partial charge in [0.2, 0.25) is 0 Å². The number of ether oxygens (including phenoxy) is 6. The Morgan fingerprint density at radius 3 is 1.94 bits per heavy atom. The van der Waals surface area contributed by atoms with E-state index in [2.05, 4.69) is 0 Å². The van der Waals surface area contributed by atoms with Gasteiger partial charge in [-0.05, 0) is 0 Å². The first-order chi connectivity index (χ1) is 15.7. The van der Waals surface area contributed by atoms with Gasteiger partial charge in [0, 0.05) is 20.0 Å². The smallest absolute Gasteiger partial charge is 0.186 e. The van der Waals surface area contributed by atoms with Gasteiger partial charge in [0.05, 0.1) is 38.1 Å². The van der Waals surface area contributed by atoms with Gasteiger partial charge in [0.25, 0.3) is 0 Å². The number of hydrogen-bond acceptors (Lipinski definition) is 14. The summed E-state index contributed by atoms with van der Waals surface area (Å²) >= 11 is 0. The lowest BCUT2D eigenvalue weighted by Gasteiger charge is -2.46. The zero-order chi connectivity index (χ0) is 24.3. The van der Waals surface area contributed by atoms with E-state index >= 15 is 0 Å². The number of rotatable bonds is 8. The largest absolute Gasteiger partial charge is 0.394 e. The van der Waals surface area contributed by atoms with Crippen LogP contribution in [0.5, 0.6) is 0 Å². The van der Waals surface area contributed by atoms with E-state index in [-0.39, 0.29) is 12.8 Å². The molecule has 13 atom stereocenters. The summed E-state index contributed by atoms with van der Waals surface area (Å²) in [6.45, 7) is -1.61. The van der Waals surface area contributed by atoms with E-state index in [1.807, 2.05) is 0 Å². The molecular formula is C19H34O14. The standard InChI is InChI=1S/C19H34O14/c1-28-18-15(27)14(26)17(11(6-22)31-18)32-12-3-9(24)16(10(5-21)30-12)33-19-13(25)8(23)2-7(4-20)29-19/h7-27H,2-6H2,1H3/t7-,8?,9?,10?,11+,12+,13?,14?,15?,16+,17-,18-,19+/m1/s1. The maximum absolute atomic E-state index is 10.6. The van der Waals surface area contributed by atoms with Crippen molar-refractivity contribution in [2.24, 2.45) is 0 Å². The Morgan fingerprint density at radius 1 is 0.667 bits per heavy atom. The lowest BCUT2D eigenvalue weighted by Crippen LogP contribution is -2.62. The summed E-state index contributed by atoms with van der Waals surface area (Å²) in [6.07, 6.45) is -16.4. The van der Waals surface area contributed by atoms with Crippen LogP contribution in [0.15, 0.2) is 0 Å². The first-order valence-electron chi connectivity index (χ1n) is 10.8. The zero-order valence-electron chi connectivity index (χ0n) is 18.1. The Balaban J connectivity index is 1.65. The van der Waals surface area contributed by atoms with E-state index in [0.717, 1.165) is 0 Å². The Bertz CT molecular complexity index is 595. The molecule has 0 aromatic heterocycles. The first-order valence-corrected chi connectivity index (χ1v) is 10.8. The van der Waals surface area contributed by atoms with Crippen LogP contribution in [-0.4, -0.2) is 148 Å². The van der Waals surface area contributed by atoms with Crippen molar-refractivity contribution in [1.29, 1.82) is 0 Å². The molecule has 3 aliphatic rings. The van der Waals surface area contributed by atoms with Crippen LogP contribution in [0.4, 0.5) is 0 Å². The van der Waals surface area contributed by atoms with Crippen molar-refractivity contribution in [1.82, 2.24) is 0 Å². The van der Waals surface area contributed by atoms with Gasteiger partial charge in [-0.15, -0.1) is 0 Å². The molecule has 3 heterocycles. The minimum atomic E-state index is -1.51. The predicted octanol–water partition coefficient (Wildman–Crippen LogP) is -4.86. The van der Waals surface area contributed by atoms with Crippen molar-refractivity contribution in [3.05, 3.63) is 0 Å². The van der Waals surface area contributed by atoms with Crippen LogP contribution in [0.2, 0.25) is 0 Å². The van der Waals surface area contributed by atoms with Crippen molar-refractivity contribution in [3.63, 3.8) is 0 Å². The Hall–Kier alpha value is -0.560. The third-order valence-electron chi connectivity index (χ3n) is 6.05. The second-order valence-electron chi connectivity index (χ2n) is 8.34. The number of aliphatic hydroxyl groups is 8. The van der Waals surface area contributed by atoms with Gasteiger partial charge >= 0.3 is 0 Å². The number of methoxy groups -OCH3 is 1. The highest BCUT2D eigenvalue weighted by molar-refractivity contribution is 4.92. The molecule has 0 aliphatic carbocycles. The quantitative estimate of drug-likeness (QED) is 0.161. The van der Waals surface area contributed by atoms with Gasteiger partial charge in [-0.3, -0.25) is 0 Å². The van der Waals surface area contributed by atoms with E-state index in [1.54, 1.807) is 0 Å². The molecule has 6 unspecified atom stereocenters. The fourth-order valence-corrected chi connectivity index (χ4v) is 4.21. The van der Waals surface area contributed by atoms with Crippen LogP contribution in [-0.2, 0) is 28.4 Å². The summed E-state index contributed by atoms with van der Waals surface area (Å²) in [4.78, 5) is 0. The van der Waals surface area contributed by atoms with Crippen LogP contribution in [0.3, 0.4) is 0 Å². The second kappa shape index (κ2) is 11.9. The Labute approximate surface area is 189 Å². The van der Waals surface area contributed by atoms with Crippen molar-refractivity contribution in [2.45, 2.75) is 92.8 Å². The molecule has 0 spiro atoms.